The minimum atomic E-state index is -1.15. The molecule has 1 aromatic rings. The van der Waals surface area contributed by atoms with Crippen molar-refractivity contribution in [2.75, 3.05) is 7.05 Å². The summed E-state index contributed by atoms with van der Waals surface area (Å²) in [6.07, 6.45) is 0. The van der Waals surface area contributed by atoms with E-state index in [2.05, 4.69) is 5.32 Å². The number of hydrogen-bond donors (Lipinski definition) is 3. The zero-order valence-corrected chi connectivity index (χ0v) is 16.8. The average molecular weight is 614 g/mol. The molecule has 0 aliphatic carbocycles. The monoisotopic (exact) mass is 614 g/mol. The van der Waals surface area contributed by atoms with Gasteiger partial charge in [-0.1, -0.05) is 0 Å². The summed E-state index contributed by atoms with van der Waals surface area (Å²) in [5.41, 5.74) is 0.240. The molecule has 0 unspecified atom stereocenters. The van der Waals surface area contributed by atoms with Crippen molar-refractivity contribution in [2.24, 2.45) is 0 Å². The van der Waals surface area contributed by atoms with E-state index in [1.54, 1.807) is 0 Å². The van der Waals surface area contributed by atoms with E-state index in [-0.39, 0.29) is 22.8 Å². The second kappa shape index (κ2) is 7.20. The van der Waals surface area contributed by atoms with Gasteiger partial charge in [0.2, 0.25) is 0 Å². The van der Waals surface area contributed by atoms with E-state index < -0.39 is 11.9 Å². The molecule has 0 aromatic heterocycles. The van der Waals surface area contributed by atoms with Crippen molar-refractivity contribution in [1.82, 2.24) is 5.32 Å². The highest BCUT2D eigenvalue weighted by Crippen LogP contribution is 2.37. The maximum Gasteiger partial charge on any atom is 0.338 e. The van der Waals surface area contributed by atoms with E-state index in [1.807, 2.05) is 67.8 Å². The molecule has 0 bridgehead atoms. The Kier molecular flexibility index (Phi) is 6.43. The van der Waals surface area contributed by atoms with Crippen LogP contribution >= 0.6 is 67.8 Å². The van der Waals surface area contributed by atoms with Crippen LogP contribution in [0.2, 0.25) is 0 Å². The Morgan fingerprint density at radius 1 is 1.15 bits per heavy atom. The van der Waals surface area contributed by atoms with Crippen molar-refractivity contribution in [3.05, 3.63) is 21.8 Å². The molecule has 1 aromatic carbocycles. The van der Waals surface area contributed by atoms with Gasteiger partial charge in [0, 0.05) is 17.5 Å². The summed E-state index contributed by atoms with van der Waals surface area (Å²) in [6.45, 7) is 1.43. The molecular formula is C11H9I3N2O4. The molecule has 3 N–H and O–H groups in total. The average Bonchev–Trinajstić information content (AvgIpc) is 2.33. The fraction of sp³-hybridized carbons (Fsp3) is 0.182. The smallest absolute Gasteiger partial charge is 0.338 e. The molecule has 20 heavy (non-hydrogen) atoms. The van der Waals surface area contributed by atoms with Gasteiger partial charge in [-0.3, -0.25) is 10.2 Å². The second-order valence-electron chi connectivity index (χ2n) is 3.56. The molecule has 0 saturated heterocycles. The van der Waals surface area contributed by atoms with Crippen LogP contribution < -0.4 is 10.1 Å². The molecule has 0 aliphatic heterocycles. The van der Waals surface area contributed by atoms with Gasteiger partial charge in [-0.2, -0.15) is 0 Å². The largest absolute Gasteiger partial charge is 0.478 e. The SMILES string of the molecule is CNC(=O)c1c(I)c(OC(C)=N)c(I)c(C(=O)O)c1I. The molecular weight excluding hydrogens is 605 g/mol. The van der Waals surface area contributed by atoms with Gasteiger partial charge in [-0.05, 0) is 67.8 Å². The number of carbonyl (C=O) groups excluding carboxylic acids is 1. The molecule has 0 atom stereocenters. The normalized spacial score (nSPS) is 10.1. The fourth-order valence-corrected chi connectivity index (χ4v) is 5.73. The molecule has 0 heterocycles. The number of carbonyl (C=O) groups is 2. The van der Waals surface area contributed by atoms with E-state index in [9.17, 15) is 14.7 Å². The van der Waals surface area contributed by atoms with E-state index in [1.165, 1.54) is 14.0 Å². The predicted octanol–water partition coefficient (Wildman–Crippen LogP) is 2.93. The number of benzene rings is 1. The highest BCUT2D eigenvalue weighted by atomic mass is 127. The van der Waals surface area contributed by atoms with Gasteiger partial charge in [0.15, 0.2) is 11.6 Å². The van der Waals surface area contributed by atoms with Crippen LogP contribution in [0.1, 0.15) is 27.6 Å². The minimum absolute atomic E-state index is 0.00136. The number of aromatic carboxylic acids is 1. The summed E-state index contributed by atoms with van der Waals surface area (Å²) < 4.78 is 6.47. The van der Waals surface area contributed by atoms with Crippen LogP contribution in [0.15, 0.2) is 0 Å². The summed E-state index contributed by atoms with van der Waals surface area (Å²) in [5, 5.41) is 19.2. The second-order valence-corrected chi connectivity index (χ2v) is 6.80. The molecule has 0 fully saturated rings. The standard InChI is InChI=1S/C11H9I3N2O4/c1-3(15)20-9-7(13)4(10(17)16-2)6(12)5(8(9)14)11(18)19/h15H,1-2H3,(H,16,17)(H,18,19). The van der Waals surface area contributed by atoms with Crippen LogP contribution in [-0.4, -0.2) is 29.9 Å². The molecule has 1 amide bonds. The number of carboxylic acid groups (broad SMARTS) is 1. The number of rotatable bonds is 3. The van der Waals surface area contributed by atoms with E-state index >= 15 is 0 Å². The number of nitrogens with one attached hydrogen (secondary N) is 2. The Balaban J connectivity index is 3.78. The first-order valence-electron chi connectivity index (χ1n) is 5.11. The Labute approximate surface area is 156 Å². The summed E-state index contributed by atoms with van der Waals surface area (Å²) in [6, 6.07) is 0. The topological polar surface area (TPSA) is 99.5 Å². The van der Waals surface area contributed by atoms with Gasteiger partial charge in [-0.25, -0.2) is 4.79 Å². The first-order chi connectivity index (χ1) is 9.22. The van der Waals surface area contributed by atoms with Crippen LogP contribution in [0, 0.1) is 16.1 Å². The van der Waals surface area contributed by atoms with Crippen LogP contribution in [0.5, 0.6) is 5.75 Å². The summed E-state index contributed by atoms with van der Waals surface area (Å²) in [5.74, 6) is -1.41. The minimum Gasteiger partial charge on any atom is -0.478 e. The number of hydrogen-bond acceptors (Lipinski definition) is 4. The lowest BCUT2D eigenvalue weighted by Gasteiger charge is -2.16. The first-order valence-corrected chi connectivity index (χ1v) is 8.34. The van der Waals surface area contributed by atoms with Crippen LogP contribution in [0.3, 0.4) is 0 Å². The van der Waals surface area contributed by atoms with Gasteiger partial charge in [0.1, 0.15) is 0 Å². The lowest BCUT2D eigenvalue weighted by Crippen LogP contribution is -2.23. The van der Waals surface area contributed by atoms with Gasteiger partial charge in [-0.15, -0.1) is 0 Å². The van der Waals surface area contributed by atoms with Gasteiger partial charge >= 0.3 is 5.97 Å². The van der Waals surface area contributed by atoms with Crippen LogP contribution in [-0.2, 0) is 0 Å². The molecule has 0 aliphatic rings. The quantitative estimate of drug-likeness (QED) is 0.277. The molecule has 6 nitrogen and oxygen atoms in total. The summed E-state index contributed by atoms with van der Waals surface area (Å²) in [7, 11) is 1.47. The molecule has 0 radical (unpaired) electrons. The highest BCUT2D eigenvalue weighted by Gasteiger charge is 2.28. The first kappa shape index (κ1) is 17.9. The number of ether oxygens (including phenoxy) is 1. The Morgan fingerprint density at radius 2 is 1.65 bits per heavy atom. The van der Waals surface area contributed by atoms with Gasteiger partial charge in [0.05, 0.1) is 18.3 Å². The summed E-state index contributed by atoms with van der Waals surface area (Å²) in [4.78, 5) is 23.4. The number of halogens is 3. The Bertz CT molecular complexity index is 616. The van der Waals surface area contributed by atoms with Crippen molar-refractivity contribution in [3.63, 3.8) is 0 Å². The predicted molar refractivity (Wildman–Crippen MR) is 99.0 cm³/mol. The maximum absolute atomic E-state index is 12.0. The van der Waals surface area contributed by atoms with Crippen LogP contribution in [0.4, 0.5) is 0 Å². The van der Waals surface area contributed by atoms with Crippen molar-refractivity contribution >= 4 is 85.5 Å². The summed E-state index contributed by atoms with van der Waals surface area (Å²) >= 11 is 5.60. The maximum atomic E-state index is 12.0. The zero-order chi connectivity index (χ0) is 15.6. The van der Waals surface area contributed by atoms with Gasteiger partial charge < -0.3 is 15.2 Å². The van der Waals surface area contributed by atoms with Crippen molar-refractivity contribution in [3.8, 4) is 5.75 Å². The van der Waals surface area contributed by atoms with E-state index in [0.29, 0.717) is 10.7 Å². The Hall–Kier alpha value is -0.180. The molecule has 0 saturated carbocycles. The number of amides is 1. The van der Waals surface area contributed by atoms with Crippen molar-refractivity contribution in [2.45, 2.75) is 6.92 Å². The molecule has 9 heteroatoms. The molecule has 1 rings (SSSR count). The Morgan fingerprint density at radius 3 is 2.05 bits per heavy atom. The molecule has 0 spiro atoms. The number of carboxylic acids is 1. The highest BCUT2D eigenvalue weighted by molar-refractivity contribution is 14.1. The van der Waals surface area contributed by atoms with E-state index in [0.717, 1.165) is 0 Å². The third kappa shape index (κ3) is 3.52. The van der Waals surface area contributed by atoms with E-state index in [4.69, 9.17) is 10.1 Å². The third-order valence-corrected chi connectivity index (χ3v) is 5.34. The zero-order valence-electron chi connectivity index (χ0n) is 10.3. The van der Waals surface area contributed by atoms with Crippen molar-refractivity contribution < 1.29 is 19.4 Å². The van der Waals surface area contributed by atoms with Crippen molar-refractivity contribution in [1.29, 1.82) is 5.41 Å². The van der Waals surface area contributed by atoms with Crippen LogP contribution in [0.25, 0.3) is 0 Å². The lowest BCUT2D eigenvalue weighted by atomic mass is 10.1. The fourth-order valence-electron chi connectivity index (χ4n) is 1.40. The third-order valence-electron chi connectivity index (χ3n) is 2.20. The molecule has 108 valence electrons. The lowest BCUT2D eigenvalue weighted by molar-refractivity contribution is 0.0694. The van der Waals surface area contributed by atoms with Gasteiger partial charge in [0.25, 0.3) is 5.91 Å².